The predicted octanol–water partition coefficient (Wildman–Crippen LogP) is 3.71. The molecule has 5 rings (SSSR count). The van der Waals surface area contributed by atoms with Crippen molar-refractivity contribution in [3.8, 4) is 5.75 Å². The van der Waals surface area contributed by atoms with Crippen LogP contribution in [0, 0.1) is 0 Å². The van der Waals surface area contributed by atoms with Crippen LogP contribution >= 0.6 is 11.3 Å². The van der Waals surface area contributed by atoms with Crippen molar-refractivity contribution >= 4 is 34.5 Å². The van der Waals surface area contributed by atoms with E-state index < -0.39 is 12.0 Å². The molecule has 0 unspecified atom stereocenters. The lowest BCUT2D eigenvalue weighted by Gasteiger charge is -2.26. The molecule has 1 aromatic heterocycles. The van der Waals surface area contributed by atoms with Crippen molar-refractivity contribution in [3.63, 3.8) is 0 Å². The number of anilines is 1. The Morgan fingerprint density at radius 1 is 1.08 bits per heavy atom. The SMILES string of the molecule is CCCC1=C(C(=O)OCC)[C@H](c2ccccc2OC)n2c(s/c(=C3/C(=O)N(C(C)C)c4ccccc43)c2=O)=N1. The minimum absolute atomic E-state index is 0.0900. The standard InChI is InChI=1S/C30H31N3O5S/c1-6-12-20-24(29(36)38-7-2)25(19-14-9-11-16-22(19)37-5)33-28(35)26(39-30(33)31-20)23-18-13-8-10-15-21(18)32(17(3)4)27(23)34/h8-11,13-17,25H,6-7,12H2,1-5H3/b26-23+/t25-/m0/s1. The van der Waals surface area contributed by atoms with Crippen molar-refractivity contribution in [2.45, 2.75) is 52.6 Å². The largest absolute Gasteiger partial charge is 0.496 e. The van der Waals surface area contributed by atoms with Crippen LogP contribution in [0.15, 0.2) is 69.6 Å². The van der Waals surface area contributed by atoms with Crippen LogP contribution in [0.4, 0.5) is 5.69 Å². The van der Waals surface area contributed by atoms with E-state index in [1.807, 2.05) is 63.2 Å². The first-order chi connectivity index (χ1) is 18.8. The summed E-state index contributed by atoms with van der Waals surface area (Å²) in [4.78, 5) is 48.5. The molecule has 0 bridgehead atoms. The summed E-state index contributed by atoms with van der Waals surface area (Å²) in [5, 5.41) is 0. The molecule has 3 aromatic rings. The highest BCUT2D eigenvalue weighted by atomic mass is 32.1. The van der Waals surface area contributed by atoms with Crippen molar-refractivity contribution < 1.29 is 19.1 Å². The Morgan fingerprint density at radius 3 is 2.49 bits per heavy atom. The number of esters is 1. The van der Waals surface area contributed by atoms with Crippen LogP contribution in [0.3, 0.4) is 0 Å². The molecule has 1 amide bonds. The number of fused-ring (bicyclic) bond motifs is 2. The minimum Gasteiger partial charge on any atom is -0.496 e. The summed E-state index contributed by atoms with van der Waals surface area (Å²) in [5.74, 6) is -0.205. The molecule has 0 spiro atoms. The van der Waals surface area contributed by atoms with Gasteiger partial charge in [0.2, 0.25) is 0 Å². The molecule has 0 N–H and O–H groups in total. The number of allylic oxidation sites excluding steroid dienone is 1. The number of hydrogen-bond donors (Lipinski definition) is 0. The molecular formula is C30H31N3O5S. The van der Waals surface area contributed by atoms with E-state index in [1.54, 1.807) is 25.0 Å². The zero-order valence-corrected chi connectivity index (χ0v) is 23.5. The fourth-order valence-electron chi connectivity index (χ4n) is 5.33. The highest BCUT2D eigenvalue weighted by Gasteiger charge is 2.39. The van der Waals surface area contributed by atoms with Crippen LogP contribution in [-0.4, -0.2) is 36.2 Å². The average molecular weight is 546 g/mol. The minimum atomic E-state index is -0.819. The van der Waals surface area contributed by atoms with E-state index in [-0.39, 0.29) is 24.1 Å². The summed E-state index contributed by atoms with van der Waals surface area (Å²) in [5.41, 5.74) is 3.01. The molecule has 0 saturated carbocycles. The summed E-state index contributed by atoms with van der Waals surface area (Å²) >= 11 is 1.18. The molecule has 3 heterocycles. The average Bonchev–Trinajstić information content (AvgIpc) is 3.40. The Morgan fingerprint density at radius 2 is 1.79 bits per heavy atom. The molecule has 0 fully saturated rings. The summed E-state index contributed by atoms with van der Waals surface area (Å²) < 4.78 is 13.0. The number of carbonyl (C=O) groups excluding carboxylic acids is 2. The molecule has 0 saturated heterocycles. The summed E-state index contributed by atoms with van der Waals surface area (Å²) in [7, 11) is 1.56. The van der Waals surface area contributed by atoms with Gasteiger partial charge in [0.05, 0.1) is 36.2 Å². The molecular weight excluding hydrogens is 514 g/mol. The van der Waals surface area contributed by atoms with Gasteiger partial charge in [-0.1, -0.05) is 61.1 Å². The second-order valence-electron chi connectivity index (χ2n) is 9.64. The van der Waals surface area contributed by atoms with Crippen molar-refractivity contribution in [1.82, 2.24) is 4.57 Å². The van der Waals surface area contributed by atoms with Gasteiger partial charge in [0.25, 0.3) is 11.5 Å². The van der Waals surface area contributed by atoms with Gasteiger partial charge in [-0.05, 0) is 39.3 Å². The molecule has 39 heavy (non-hydrogen) atoms. The third kappa shape index (κ3) is 4.30. The van der Waals surface area contributed by atoms with E-state index in [2.05, 4.69) is 0 Å². The van der Waals surface area contributed by atoms with Crippen molar-refractivity contribution in [2.75, 3.05) is 18.6 Å². The molecule has 0 radical (unpaired) electrons. The Labute approximate surface area is 230 Å². The van der Waals surface area contributed by atoms with Crippen molar-refractivity contribution in [2.24, 2.45) is 4.99 Å². The molecule has 202 valence electrons. The maximum Gasteiger partial charge on any atom is 0.338 e. The first-order valence-electron chi connectivity index (χ1n) is 13.1. The van der Waals surface area contributed by atoms with Gasteiger partial charge in [0.1, 0.15) is 16.3 Å². The monoisotopic (exact) mass is 545 g/mol. The van der Waals surface area contributed by atoms with Crippen molar-refractivity contribution in [1.29, 1.82) is 0 Å². The maximum atomic E-state index is 14.3. The Balaban J connectivity index is 1.88. The molecule has 2 aliphatic heterocycles. The van der Waals surface area contributed by atoms with E-state index in [0.717, 1.165) is 12.1 Å². The van der Waals surface area contributed by atoms with E-state index >= 15 is 0 Å². The van der Waals surface area contributed by atoms with Gasteiger partial charge in [-0.3, -0.25) is 14.2 Å². The summed E-state index contributed by atoms with van der Waals surface area (Å²) in [6, 6.07) is 13.9. The lowest BCUT2D eigenvalue weighted by Crippen LogP contribution is -2.41. The second kappa shape index (κ2) is 10.6. The second-order valence-corrected chi connectivity index (χ2v) is 10.6. The number of para-hydroxylation sites is 2. The predicted molar refractivity (Wildman–Crippen MR) is 151 cm³/mol. The van der Waals surface area contributed by atoms with Gasteiger partial charge in [-0.2, -0.15) is 0 Å². The first-order valence-corrected chi connectivity index (χ1v) is 14.0. The number of carbonyl (C=O) groups is 2. The van der Waals surface area contributed by atoms with Gasteiger partial charge < -0.3 is 14.4 Å². The lowest BCUT2D eigenvalue weighted by molar-refractivity contribution is -0.139. The normalized spacial score (nSPS) is 17.7. The molecule has 8 nitrogen and oxygen atoms in total. The van der Waals surface area contributed by atoms with Crippen LogP contribution in [0.25, 0.3) is 5.57 Å². The van der Waals surface area contributed by atoms with E-state index in [0.29, 0.717) is 49.5 Å². The number of nitrogens with zero attached hydrogens (tertiary/aromatic N) is 3. The van der Waals surface area contributed by atoms with E-state index in [9.17, 15) is 14.4 Å². The number of methoxy groups -OCH3 is 1. The Hall–Kier alpha value is -3.98. The highest BCUT2D eigenvalue weighted by molar-refractivity contribution is 7.07. The zero-order chi connectivity index (χ0) is 27.8. The number of thiazole rings is 1. The zero-order valence-electron chi connectivity index (χ0n) is 22.7. The number of amides is 1. The molecule has 2 aromatic carbocycles. The van der Waals surface area contributed by atoms with Gasteiger partial charge in [-0.25, -0.2) is 9.79 Å². The topological polar surface area (TPSA) is 90.2 Å². The number of ether oxygens (including phenoxy) is 2. The third-order valence-corrected chi connectivity index (χ3v) is 7.96. The van der Waals surface area contributed by atoms with Gasteiger partial charge in [0, 0.05) is 17.2 Å². The number of aromatic nitrogens is 1. The van der Waals surface area contributed by atoms with Crippen LogP contribution < -0.4 is 24.5 Å². The summed E-state index contributed by atoms with van der Waals surface area (Å²) in [6.07, 6.45) is 1.27. The van der Waals surface area contributed by atoms with E-state index in [4.69, 9.17) is 14.5 Å². The lowest BCUT2D eigenvalue weighted by atomic mass is 9.93. The Kier molecular flexibility index (Phi) is 7.27. The van der Waals surface area contributed by atoms with Crippen LogP contribution in [0.1, 0.15) is 57.7 Å². The quantitative estimate of drug-likeness (QED) is 0.422. The molecule has 2 aliphatic rings. The first kappa shape index (κ1) is 26.6. The fourth-order valence-corrected chi connectivity index (χ4v) is 6.44. The smallest absolute Gasteiger partial charge is 0.338 e. The molecule has 9 heteroatoms. The highest BCUT2D eigenvalue weighted by Crippen LogP contribution is 2.38. The number of rotatable bonds is 7. The van der Waals surface area contributed by atoms with Crippen LogP contribution in [-0.2, 0) is 14.3 Å². The van der Waals surface area contributed by atoms with E-state index in [1.165, 1.54) is 15.9 Å². The van der Waals surface area contributed by atoms with Crippen LogP contribution in [0.2, 0.25) is 0 Å². The molecule has 0 aliphatic carbocycles. The van der Waals surface area contributed by atoms with Gasteiger partial charge in [0.15, 0.2) is 4.80 Å². The number of benzene rings is 2. The molecule has 1 atom stereocenters. The summed E-state index contributed by atoms with van der Waals surface area (Å²) in [6.45, 7) is 7.84. The number of hydrogen-bond acceptors (Lipinski definition) is 7. The maximum absolute atomic E-state index is 14.3. The third-order valence-electron chi connectivity index (χ3n) is 6.91. The van der Waals surface area contributed by atoms with Gasteiger partial charge in [-0.15, -0.1) is 0 Å². The fraction of sp³-hybridized carbons (Fsp3) is 0.333. The Bertz CT molecular complexity index is 1680. The van der Waals surface area contributed by atoms with Gasteiger partial charge >= 0.3 is 5.97 Å². The van der Waals surface area contributed by atoms with Crippen LogP contribution in [0.5, 0.6) is 5.75 Å². The van der Waals surface area contributed by atoms with Crippen molar-refractivity contribution in [3.05, 3.63) is 90.6 Å².